The van der Waals surface area contributed by atoms with Crippen LogP contribution in [-0.2, 0) is 6.54 Å². The number of amidine groups is 1. The Morgan fingerprint density at radius 3 is 2.67 bits per heavy atom. The molecule has 0 unspecified atom stereocenters. The minimum absolute atomic E-state index is 0.706. The minimum Gasteiger partial charge on any atom is -0.351 e. The SMILES string of the molecule is N=C1c2ccccc2CN1CCN1CCSCC1. The molecule has 3 rings (SSSR count). The Bertz CT molecular complexity index is 440. The monoisotopic (exact) mass is 261 g/mol. The number of fused-ring (bicyclic) bond motifs is 1. The van der Waals surface area contributed by atoms with Gasteiger partial charge >= 0.3 is 0 Å². The molecule has 2 heterocycles. The van der Waals surface area contributed by atoms with Crippen LogP contribution in [-0.4, -0.2) is 53.3 Å². The molecule has 0 aliphatic carbocycles. The summed E-state index contributed by atoms with van der Waals surface area (Å²) in [7, 11) is 0. The Labute approximate surface area is 113 Å². The number of nitrogens with zero attached hydrogens (tertiary/aromatic N) is 2. The molecule has 1 fully saturated rings. The molecule has 0 aromatic heterocycles. The third kappa shape index (κ3) is 2.40. The Morgan fingerprint density at radius 2 is 1.89 bits per heavy atom. The molecule has 18 heavy (non-hydrogen) atoms. The lowest BCUT2D eigenvalue weighted by Gasteiger charge is -2.28. The molecule has 0 spiro atoms. The Morgan fingerprint density at radius 1 is 1.11 bits per heavy atom. The van der Waals surface area contributed by atoms with Gasteiger partial charge in [-0.05, 0) is 5.56 Å². The number of benzene rings is 1. The van der Waals surface area contributed by atoms with E-state index in [1.165, 1.54) is 30.2 Å². The van der Waals surface area contributed by atoms with Crippen LogP contribution in [0.3, 0.4) is 0 Å². The minimum atomic E-state index is 0.706. The summed E-state index contributed by atoms with van der Waals surface area (Å²) in [5, 5.41) is 8.21. The van der Waals surface area contributed by atoms with Crippen molar-refractivity contribution in [3.63, 3.8) is 0 Å². The van der Waals surface area contributed by atoms with E-state index >= 15 is 0 Å². The van der Waals surface area contributed by atoms with E-state index in [9.17, 15) is 0 Å². The maximum atomic E-state index is 8.21. The number of thioether (sulfide) groups is 1. The van der Waals surface area contributed by atoms with Gasteiger partial charge in [0.2, 0.25) is 0 Å². The summed E-state index contributed by atoms with van der Waals surface area (Å²) >= 11 is 2.05. The maximum Gasteiger partial charge on any atom is 0.128 e. The van der Waals surface area contributed by atoms with Crippen molar-refractivity contribution in [2.75, 3.05) is 37.7 Å². The summed E-state index contributed by atoms with van der Waals surface area (Å²) in [5.41, 5.74) is 2.42. The summed E-state index contributed by atoms with van der Waals surface area (Å²) < 4.78 is 0. The molecule has 0 saturated carbocycles. The lowest BCUT2D eigenvalue weighted by molar-refractivity contribution is 0.267. The molecule has 0 radical (unpaired) electrons. The molecule has 1 aromatic carbocycles. The van der Waals surface area contributed by atoms with Crippen LogP contribution >= 0.6 is 11.8 Å². The first kappa shape index (κ1) is 12.1. The van der Waals surface area contributed by atoms with Crippen LogP contribution in [0.5, 0.6) is 0 Å². The summed E-state index contributed by atoms with van der Waals surface area (Å²) in [6, 6.07) is 8.30. The second kappa shape index (κ2) is 5.33. The van der Waals surface area contributed by atoms with E-state index in [2.05, 4.69) is 28.0 Å². The van der Waals surface area contributed by atoms with Crippen molar-refractivity contribution in [1.29, 1.82) is 5.41 Å². The molecule has 1 N–H and O–H groups in total. The average Bonchev–Trinajstić information content (AvgIpc) is 2.75. The first-order valence-corrected chi connectivity index (χ1v) is 7.72. The van der Waals surface area contributed by atoms with Gasteiger partial charge in [-0.25, -0.2) is 0 Å². The second-order valence-electron chi connectivity index (χ2n) is 4.88. The van der Waals surface area contributed by atoms with Crippen LogP contribution in [0.25, 0.3) is 0 Å². The van der Waals surface area contributed by atoms with E-state index in [1.807, 2.05) is 17.8 Å². The van der Waals surface area contributed by atoms with Crippen LogP contribution in [0.2, 0.25) is 0 Å². The van der Waals surface area contributed by atoms with Crippen molar-refractivity contribution in [3.05, 3.63) is 35.4 Å². The Hall–Kier alpha value is -1.00. The maximum absolute atomic E-state index is 8.21. The highest BCUT2D eigenvalue weighted by atomic mass is 32.2. The fourth-order valence-corrected chi connectivity index (χ4v) is 3.60. The smallest absolute Gasteiger partial charge is 0.128 e. The number of hydrogen-bond donors (Lipinski definition) is 1. The summed E-state index contributed by atoms with van der Waals surface area (Å²) in [6.07, 6.45) is 0. The second-order valence-corrected chi connectivity index (χ2v) is 6.11. The topological polar surface area (TPSA) is 30.3 Å². The van der Waals surface area contributed by atoms with Gasteiger partial charge in [-0.3, -0.25) is 10.3 Å². The van der Waals surface area contributed by atoms with Crippen LogP contribution in [0.4, 0.5) is 0 Å². The highest BCUT2D eigenvalue weighted by Crippen LogP contribution is 2.22. The van der Waals surface area contributed by atoms with Crippen molar-refractivity contribution < 1.29 is 0 Å². The molecule has 0 amide bonds. The van der Waals surface area contributed by atoms with Crippen LogP contribution in [0, 0.1) is 5.41 Å². The molecule has 1 aromatic rings. The van der Waals surface area contributed by atoms with E-state index in [-0.39, 0.29) is 0 Å². The molecule has 0 atom stereocenters. The Kier molecular flexibility index (Phi) is 3.57. The number of hydrogen-bond acceptors (Lipinski definition) is 3. The molecule has 0 bridgehead atoms. The van der Waals surface area contributed by atoms with Crippen molar-refractivity contribution in [3.8, 4) is 0 Å². The fourth-order valence-electron chi connectivity index (χ4n) is 2.62. The third-order valence-electron chi connectivity index (χ3n) is 3.74. The normalized spacial score (nSPS) is 20.2. The van der Waals surface area contributed by atoms with E-state index in [4.69, 9.17) is 5.41 Å². The van der Waals surface area contributed by atoms with Gasteiger partial charge in [-0.1, -0.05) is 24.3 Å². The summed E-state index contributed by atoms with van der Waals surface area (Å²) in [6.45, 7) is 5.41. The summed E-state index contributed by atoms with van der Waals surface area (Å²) in [5.74, 6) is 3.23. The predicted octanol–water partition coefficient (Wildman–Crippen LogP) is 1.88. The van der Waals surface area contributed by atoms with Gasteiger partial charge in [0.1, 0.15) is 5.84 Å². The molecule has 3 nitrogen and oxygen atoms in total. The molecule has 2 aliphatic rings. The average molecular weight is 261 g/mol. The highest BCUT2D eigenvalue weighted by molar-refractivity contribution is 7.99. The highest BCUT2D eigenvalue weighted by Gasteiger charge is 2.23. The fraction of sp³-hybridized carbons (Fsp3) is 0.500. The largest absolute Gasteiger partial charge is 0.351 e. The first-order chi connectivity index (χ1) is 8.84. The van der Waals surface area contributed by atoms with E-state index in [1.54, 1.807) is 0 Å². The van der Waals surface area contributed by atoms with E-state index in [0.717, 1.165) is 25.2 Å². The molecule has 96 valence electrons. The van der Waals surface area contributed by atoms with Gasteiger partial charge in [-0.2, -0.15) is 11.8 Å². The van der Waals surface area contributed by atoms with E-state index in [0.29, 0.717) is 5.84 Å². The van der Waals surface area contributed by atoms with Gasteiger partial charge in [0, 0.05) is 49.8 Å². The number of nitrogens with one attached hydrogen (secondary N) is 1. The quantitative estimate of drug-likeness (QED) is 0.901. The van der Waals surface area contributed by atoms with Crippen LogP contribution in [0.1, 0.15) is 11.1 Å². The van der Waals surface area contributed by atoms with Gasteiger partial charge in [0.25, 0.3) is 0 Å². The van der Waals surface area contributed by atoms with E-state index < -0.39 is 0 Å². The van der Waals surface area contributed by atoms with Crippen molar-refractivity contribution in [1.82, 2.24) is 9.80 Å². The van der Waals surface area contributed by atoms with Gasteiger partial charge in [0.15, 0.2) is 0 Å². The Balaban J connectivity index is 1.57. The molecule has 4 heteroatoms. The first-order valence-electron chi connectivity index (χ1n) is 6.56. The molecular weight excluding hydrogens is 242 g/mol. The van der Waals surface area contributed by atoms with Gasteiger partial charge in [-0.15, -0.1) is 0 Å². The summed E-state index contributed by atoms with van der Waals surface area (Å²) in [4.78, 5) is 4.72. The van der Waals surface area contributed by atoms with Crippen LogP contribution < -0.4 is 0 Å². The molecule has 2 aliphatic heterocycles. The third-order valence-corrected chi connectivity index (χ3v) is 4.68. The van der Waals surface area contributed by atoms with Crippen molar-refractivity contribution in [2.45, 2.75) is 6.54 Å². The molecular formula is C14H19N3S. The number of rotatable bonds is 3. The molecule has 1 saturated heterocycles. The van der Waals surface area contributed by atoms with Crippen LogP contribution in [0.15, 0.2) is 24.3 Å². The zero-order chi connectivity index (χ0) is 12.4. The van der Waals surface area contributed by atoms with Crippen molar-refractivity contribution >= 4 is 17.6 Å². The predicted molar refractivity (Wildman–Crippen MR) is 77.4 cm³/mol. The standard InChI is InChI=1S/C14H19N3S/c15-14-13-4-2-1-3-12(13)11-17(14)6-5-16-7-9-18-10-8-16/h1-4,15H,5-11H2. The zero-order valence-corrected chi connectivity index (χ0v) is 11.4. The lowest BCUT2D eigenvalue weighted by Crippen LogP contribution is -2.39. The van der Waals surface area contributed by atoms with Gasteiger partial charge in [0.05, 0.1) is 0 Å². The zero-order valence-electron chi connectivity index (χ0n) is 10.6. The van der Waals surface area contributed by atoms with Gasteiger partial charge < -0.3 is 4.90 Å². The lowest BCUT2D eigenvalue weighted by atomic mass is 10.1. The van der Waals surface area contributed by atoms with Crippen molar-refractivity contribution in [2.24, 2.45) is 0 Å².